The van der Waals surface area contributed by atoms with E-state index in [-0.39, 0.29) is 16.0 Å². The van der Waals surface area contributed by atoms with Crippen molar-refractivity contribution in [3.05, 3.63) is 70.9 Å². The van der Waals surface area contributed by atoms with Crippen molar-refractivity contribution in [2.24, 2.45) is 0 Å². The lowest BCUT2D eigenvalue weighted by atomic mass is 9.88. The van der Waals surface area contributed by atoms with Crippen LogP contribution in [0.25, 0.3) is 10.9 Å². The number of amides is 1. The van der Waals surface area contributed by atoms with E-state index in [0.29, 0.717) is 5.52 Å². The summed E-state index contributed by atoms with van der Waals surface area (Å²) in [5, 5.41) is 1.89. The van der Waals surface area contributed by atoms with Crippen molar-refractivity contribution >= 4 is 34.4 Å². The van der Waals surface area contributed by atoms with Crippen molar-refractivity contribution in [2.75, 3.05) is 7.11 Å². The average Bonchev–Trinajstić information content (AvgIpc) is 3.09. The van der Waals surface area contributed by atoms with E-state index in [1.807, 2.05) is 5.32 Å². The lowest BCUT2D eigenvalue weighted by molar-refractivity contribution is -0.212. The first-order valence-electron chi connectivity index (χ1n) is 8.01. The number of esters is 1. The Bertz CT molecular complexity index is 1050. The maximum atomic E-state index is 14.3. The number of methoxy groups -OCH3 is 1. The highest BCUT2D eigenvalue weighted by Gasteiger charge is 2.65. The van der Waals surface area contributed by atoms with Crippen molar-refractivity contribution in [1.29, 1.82) is 0 Å². The first-order valence-corrected chi connectivity index (χ1v) is 8.39. The monoisotopic (exact) mass is 410 g/mol. The fourth-order valence-corrected chi connectivity index (χ4v) is 3.21. The number of fused-ring (bicyclic) bond motifs is 1. The van der Waals surface area contributed by atoms with Gasteiger partial charge in [-0.3, -0.25) is 4.79 Å². The van der Waals surface area contributed by atoms with E-state index in [4.69, 9.17) is 11.6 Å². The molecular formula is C19H14ClF3N2O3. The molecule has 0 aliphatic rings. The number of carbonyl (C=O) groups excluding carboxylic acids is 2. The van der Waals surface area contributed by atoms with Gasteiger partial charge in [-0.25, -0.2) is 4.79 Å². The van der Waals surface area contributed by atoms with Crippen molar-refractivity contribution < 1.29 is 27.5 Å². The number of hydrogen-bond donors (Lipinski definition) is 2. The topological polar surface area (TPSA) is 71.2 Å². The Morgan fingerprint density at radius 2 is 1.71 bits per heavy atom. The highest BCUT2D eigenvalue weighted by Crippen LogP contribution is 2.43. The van der Waals surface area contributed by atoms with Crippen LogP contribution in [0.3, 0.4) is 0 Å². The molecule has 0 radical (unpaired) electrons. The molecule has 1 aromatic heterocycles. The minimum atomic E-state index is -5.21. The van der Waals surface area contributed by atoms with Gasteiger partial charge in [0.25, 0.3) is 11.4 Å². The third-order valence-corrected chi connectivity index (χ3v) is 4.66. The molecule has 1 atom stereocenters. The maximum Gasteiger partial charge on any atom is 0.426 e. The van der Waals surface area contributed by atoms with E-state index in [1.54, 1.807) is 12.1 Å². The van der Waals surface area contributed by atoms with Crippen LogP contribution in [0, 0.1) is 0 Å². The van der Waals surface area contributed by atoms with Crippen LogP contribution < -0.4 is 5.32 Å². The highest BCUT2D eigenvalue weighted by molar-refractivity contribution is 6.33. The molecule has 1 unspecified atom stereocenters. The van der Waals surface area contributed by atoms with Gasteiger partial charge in [-0.15, -0.1) is 0 Å². The number of hydrogen-bond acceptors (Lipinski definition) is 3. The Kier molecular flexibility index (Phi) is 5.08. The number of alkyl halides is 3. The van der Waals surface area contributed by atoms with Crippen LogP contribution in [0.1, 0.15) is 15.9 Å². The third-order valence-electron chi connectivity index (χ3n) is 4.33. The number of nitrogens with one attached hydrogen (secondary N) is 2. The molecule has 1 amide bonds. The summed E-state index contributed by atoms with van der Waals surface area (Å²) < 4.78 is 47.4. The molecule has 5 nitrogen and oxygen atoms in total. The number of carbonyl (C=O) groups is 2. The Hall–Kier alpha value is -3.00. The molecule has 0 saturated heterocycles. The van der Waals surface area contributed by atoms with Gasteiger partial charge in [0.1, 0.15) is 0 Å². The largest absolute Gasteiger partial charge is 0.467 e. The molecule has 2 aromatic carbocycles. The Balaban J connectivity index is 2.24. The molecule has 146 valence electrons. The summed E-state index contributed by atoms with van der Waals surface area (Å²) in [6.45, 7) is 0. The molecule has 0 aliphatic carbocycles. The van der Waals surface area contributed by atoms with Gasteiger partial charge in [0.05, 0.1) is 17.7 Å². The Morgan fingerprint density at radius 3 is 2.36 bits per heavy atom. The first-order chi connectivity index (χ1) is 13.2. The van der Waals surface area contributed by atoms with Gasteiger partial charge in [0.15, 0.2) is 0 Å². The molecule has 28 heavy (non-hydrogen) atoms. The summed E-state index contributed by atoms with van der Waals surface area (Å²) in [7, 11) is 0.819. The van der Waals surface area contributed by atoms with Crippen LogP contribution in [-0.2, 0) is 15.1 Å². The van der Waals surface area contributed by atoms with E-state index in [0.717, 1.165) is 13.3 Å². The molecule has 0 saturated carbocycles. The van der Waals surface area contributed by atoms with Crippen LogP contribution in [0.5, 0.6) is 0 Å². The molecular weight excluding hydrogens is 397 g/mol. The van der Waals surface area contributed by atoms with E-state index < -0.39 is 29.2 Å². The van der Waals surface area contributed by atoms with E-state index in [9.17, 15) is 22.8 Å². The van der Waals surface area contributed by atoms with Crippen molar-refractivity contribution in [1.82, 2.24) is 10.3 Å². The van der Waals surface area contributed by atoms with Gasteiger partial charge in [0, 0.05) is 22.7 Å². The first kappa shape index (κ1) is 19.8. The molecule has 2 N–H and O–H groups in total. The number of benzene rings is 2. The standard InChI is InChI=1S/C19H14ClF3N2O3/c1-28-17(27)18(19(21,22)23,13-10-24-15-9-5-3-6-11(13)15)25-16(26)12-7-2-4-8-14(12)20/h2-10,24H,1H3,(H,25,26). The predicted molar refractivity (Wildman–Crippen MR) is 97.0 cm³/mol. The summed E-state index contributed by atoms with van der Waals surface area (Å²) in [5.74, 6) is -2.84. The second-order valence-electron chi connectivity index (χ2n) is 5.92. The van der Waals surface area contributed by atoms with E-state index in [2.05, 4.69) is 9.72 Å². The van der Waals surface area contributed by atoms with E-state index in [1.165, 1.54) is 36.4 Å². The smallest absolute Gasteiger partial charge is 0.426 e. The Morgan fingerprint density at radius 1 is 1.07 bits per heavy atom. The molecule has 3 aromatic rings. The zero-order valence-electron chi connectivity index (χ0n) is 14.4. The minimum absolute atomic E-state index is 0.0557. The molecule has 0 spiro atoms. The van der Waals surface area contributed by atoms with Gasteiger partial charge in [-0.2, -0.15) is 13.2 Å². The van der Waals surface area contributed by atoms with Crippen molar-refractivity contribution in [3.63, 3.8) is 0 Å². The molecule has 0 bridgehead atoms. The highest BCUT2D eigenvalue weighted by atomic mass is 35.5. The SMILES string of the molecule is COC(=O)C(NC(=O)c1ccccc1Cl)(c1c[nH]c2ccccc12)C(F)(F)F. The normalized spacial score (nSPS) is 13.8. The minimum Gasteiger partial charge on any atom is -0.467 e. The summed E-state index contributed by atoms with van der Waals surface area (Å²) in [5.41, 5.74) is -3.76. The van der Waals surface area contributed by atoms with Gasteiger partial charge < -0.3 is 15.0 Å². The third kappa shape index (κ3) is 3.09. The number of aromatic amines is 1. The number of halogens is 4. The van der Waals surface area contributed by atoms with Gasteiger partial charge >= 0.3 is 12.1 Å². The summed E-state index contributed by atoms with van der Waals surface area (Å²) in [4.78, 5) is 27.8. The fraction of sp³-hybridized carbons (Fsp3) is 0.158. The molecule has 1 heterocycles. The molecule has 0 fully saturated rings. The number of rotatable bonds is 4. The van der Waals surface area contributed by atoms with Crippen LogP contribution in [0.15, 0.2) is 54.7 Å². The van der Waals surface area contributed by atoms with E-state index >= 15 is 0 Å². The summed E-state index contributed by atoms with van der Waals surface area (Å²) in [6.07, 6.45) is -4.18. The van der Waals surface area contributed by atoms with Crippen molar-refractivity contribution in [3.8, 4) is 0 Å². The zero-order chi connectivity index (χ0) is 20.5. The lowest BCUT2D eigenvalue weighted by Crippen LogP contribution is -2.61. The quantitative estimate of drug-likeness (QED) is 0.634. The molecule has 3 rings (SSSR count). The van der Waals surface area contributed by atoms with Gasteiger partial charge in [-0.1, -0.05) is 41.9 Å². The lowest BCUT2D eigenvalue weighted by Gasteiger charge is -2.33. The van der Waals surface area contributed by atoms with Gasteiger partial charge in [0.2, 0.25) is 0 Å². The van der Waals surface area contributed by atoms with Crippen LogP contribution in [-0.4, -0.2) is 30.1 Å². The summed E-state index contributed by atoms with van der Waals surface area (Å²) in [6, 6.07) is 11.7. The number of para-hydroxylation sites is 1. The second kappa shape index (κ2) is 7.20. The molecule has 9 heteroatoms. The number of aromatic nitrogens is 1. The summed E-state index contributed by atoms with van der Waals surface area (Å²) >= 11 is 5.93. The fourth-order valence-electron chi connectivity index (χ4n) is 2.99. The van der Waals surface area contributed by atoms with Gasteiger partial charge in [-0.05, 0) is 18.2 Å². The predicted octanol–water partition coefficient (Wildman–Crippen LogP) is 4.18. The number of H-pyrrole nitrogens is 1. The van der Waals surface area contributed by atoms with Crippen LogP contribution in [0.4, 0.5) is 13.2 Å². The average molecular weight is 411 g/mol. The Labute approximate surface area is 162 Å². The van der Waals surface area contributed by atoms with Crippen molar-refractivity contribution in [2.45, 2.75) is 11.7 Å². The number of ether oxygens (including phenoxy) is 1. The maximum absolute atomic E-state index is 14.3. The van der Waals surface area contributed by atoms with Crippen LogP contribution in [0.2, 0.25) is 5.02 Å². The second-order valence-corrected chi connectivity index (χ2v) is 6.33. The zero-order valence-corrected chi connectivity index (χ0v) is 15.2. The molecule has 0 aliphatic heterocycles. The van der Waals surface area contributed by atoms with Crippen LogP contribution >= 0.6 is 11.6 Å².